The Balaban J connectivity index is 2.22. The molecule has 0 aliphatic carbocycles. The number of para-hydroxylation sites is 1. The highest BCUT2D eigenvalue weighted by molar-refractivity contribution is 7.98. The molecule has 6 nitrogen and oxygen atoms in total. The highest BCUT2D eigenvalue weighted by Gasteiger charge is 2.30. The number of hydrogen-bond donors (Lipinski definition) is 2. The SMILES string of the molecule is CSCC[C@H](NC(=O)Cc1cc(F)cc(F)c1)C(=O)N(C(=O)CN)c1ccccc1. The highest BCUT2D eigenvalue weighted by atomic mass is 32.2. The van der Waals surface area contributed by atoms with Crippen molar-refractivity contribution in [3.05, 3.63) is 65.7 Å². The minimum Gasteiger partial charge on any atom is -0.344 e. The largest absolute Gasteiger partial charge is 0.344 e. The van der Waals surface area contributed by atoms with Gasteiger partial charge in [0.15, 0.2) is 0 Å². The molecule has 0 unspecified atom stereocenters. The van der Waals surface area contributed by atoms with Crippen molar-refractivity contribution in [2.75, 3.05) is 23.5 Å². The van der Waals surface area contributed by atoms with E-state index < -0.39 is 35.4 Å². The quantitative estimate of drug-likeness (QED) is 0.630. The third kappa shape index (κ3) is 6.64. The summed E-state index contributed by atoms with van der Waals surface area (Å²) in [4.78, 5) is 38.9. The third-order valence-electron chi connectivity index (χ3n) is 4.19. The summed E-state index contributed by atoms with van der Waals surface area (Å²) in [6, 6.07) is 10.1. The summed E-state index contributed by atoms with van der Waals surface area (Å²) in [7, 11) is 0. The van der Waals surface area contributed by atoms with Crippen LogP contribution in [0.25, 0.3) is 0 Å². The molecule has 0 heterocycles. The molecule has 0 radical (unpaired) electrons. The van der Waals surface area contributed by atoms with Crippen molar-refractivity contribution in [1.29, 1.82) is 0 Å². The van der Waals surface area contributed by atoms with Gasteiger partial charge in [0.05, 0.1) is 18.7 Å². The van der Waals surface area contributed by atoms with Crippen LogP contribution < -0.4 is 16.0 Å². The van der Waals surface area contributed by atoms with Gasteiger partial charge in [-0.3, -0.25) is 14.4 Å². The summed E-state index contributed by atoms with van der Waals surface area (Å²) >= 11 is 1.47. The summed E-state index contributed by atoms with van der Waals surface area (Å²) in [5, 5.41) is 2.59. The zero-order valence-electron chi connectivity index (χ0n) is 16.4. The molecule has 0 aliphatic heterocycles. The van der Waals surface area contributed by atoms with Gasteiger partial charge in [0.2, 0.25) is 11.8 Å². The molecule has 3 amide bonds. The molecule has 0 fully saturated rings. The molecule has 0 saturated heterocycles. The minimum atomic E-state index is -1.00. The molecule has 0 saturated carbocycles. The number of halogens is 2. The van der Waals surface area contributed by atoms with Crippen LogP contribution in [0.4, 0.5) is 14.5 Å². The van der Waals surface area contributed by atoms with Crippen molar-refractivity contribution in [3.8, 4) is 0 Å². The number of imide groups is 1. The molecule has 9 heteroatoms. The fourth-order valence-electron chi connectivity index (χ4n) is 2.86. The van der Waals surface area contributed by atoms with Crippen LogP contribution in [0.15, 0.2) is 48.5 Å². The second-order valence-corrected chi connectivity index (χ2v) is 7.45. The van der Waals surface area contributed by atoms with Crippen LogP contribution in [0.5, 0.6) is 0 Å². The molecular weight excluding hydrogens is 412 g/mol. The lowest BCUT2D eigenvalue weighted by Gasteiger charge is -2.26. The highest BCUT2D eigenvalue weighted by Crippen LogP contribution is 2.17. The Morgan fingerprint density at radius 3 is 2.30 bits per heavy atom. The smallest absolute Gasteiger partial charge is 0.256 e. The number of nitrogens with zero attached hydrogens (tertiary/aromatic N) is 1. The number of nitrogens with one attached hydrogen (secondary N) is 1. The van der Waals surface area contributed by atoms with Crippen molar-refractivity contribution in [1.82, 2.24) is 5.32 Å². The average molecular weight is 435 g/mol. The number of amides is 3. The fraction of sp³-hybridized carbons (Fsp3) is 0.286. The van der Waals surface area contributed by atoms with Gasteiger partial charge in [-0.05, 0) is 48.3 Å². The standard InChI is InChI=1S/C21H23F2N3O3S/c1-30-8-7-18(25-19(27)11-14-9-15(22)12-16(23)10-14)21(29)26(20(28)13-24)17-5-3-2-4-6-17/h2-6,9-10,12,18H,7-8,11,13,24H2,1H3,(H,25,27)/t18-/m0/s1. The van der Waals surface area contributed by atoms with Crippen LogP contribution in [0.2, 0.25) is 0 Å². The molecule has 0 aliphatic rings. The fourth-order valence-corrected chi connectivity index (χ4v) is 3.33. The van der Waals surface area contributed by atoms with E-state index in [2.05, 4.69) is 5.32 Å². The van der Waals surface area contributed by atoms with E-state index in [0.717, 1.165) is 17.0 Å². The van der Waals surface area contributed by atoms with E-state index >= 15 is 0 Å². The summed E-state index contributed by atoms with van der Waals surface area (Å²) in [5.41, 5.74) is 5.95. The lowest BCUT2D eigenvalue weighted by Crippen LogP contribution is -2.52. The summed E-state index contributed by atoms with van der Waals surface area (Å²) in [6.07, 6.45) is 1.80. The maximum atomic E-state index is 13.4. The van der Waals surface area contributed by atoms with Crippen LogP contribution in [0.1, 0.15) is 12.0 Å². The minimum absolute atomic E-state index is 0.138. The van der Waals surface area contributed by atoms with Crippen molar-refractivity contribution < 1.29 is 23.2 Å². The van der Waals surface area contributed by atoms with E-state index in [1.54, 1.807) is 30.3 Å². The number of hydrogen-bond acceptors (Lipinski definition) is 5. The summed E-state index contributed by atoms with van der Waals surface area (Å²) < 4.78 is 26.7. The van der Waals surface area contributed by atoms with E-state index in [4.69, 9.17) is 5.73 Å². The first kappa shape index (κ1) is 23.5. The van der Waals surface area contributed by atoms with Gasteiger partial charge in [0.1, 0.15) is 17.7 Å². The second-order valence-electron chi connectivity index (χ2n) is 6.46. The van der Waals surface area contributed by atoms with Crippen LogP contribution in [-0.2, 0) is 20.8 Å². The van der Waals surface area contributed by atoms with Gasteiger partial charge in [0.25, 0.3) is 5.91 Å². The van der Waals surface area contributed by atoms with Gasteiger partial charge < -0.3 is 11.1 Å². The molecular formula is C21H23F2N3O3S. The topological polar surface area (TPSA) is 92.5 Å². The number of anilines is 1. The molecule has 2 rings (SSSR count). The van der Waals surface area contributed by atoms with Crippen molar-refractivity contribution in [3.63, 3.8) is 0 Å². The van der Waals surface area contributed by atoms with Crippen molar-refractivity contribution in [2.24, 2.45) is 5.73 Å². The first-order valence-electron chi connectivity index (χ1n) is 9.21. The van der Waals surface area contributed by atoms with E-state index in [1.807, 2.05) is 6.26 Å². The molecule has 0 spiro atoms. The predicted octanol–water partition coefficient (Wildman–Crippen LogP) is 2.26. The monoisotopic (exact) mass is 435 g/mol. The lowest BCUT2D eigenvalue weighted by molar-refractivity contribution is -0.130. The van der Waals surface area contributed by atoms with Gasteiger partial charge in [0, 0.05) is 6.07 Å². The number of benzene rings is 2. The Morgan fingerprint density at radius 1 is 1.10 bits per heavy atom. The van der Waals surface area contributed by atoms with Crippen molar-refractivity contribution >= 4 is 35.2 Å². The molecule has 160 valence electrons. The molecule has 2 aromatic rings. The zero-order chi connectivity index (χ0) is 22.1. The molecule has 0 aromatic heterocycles. The third-order valence-corrected chi connectivity index (χ3v) is 4.83. The van der Waals surface area contributed by atoms with Crippen LogP contribution >= 0.6 is 11.8 Å². The number of carbonyl (C=O) groups excluding carboxylic acids is 3. The van der Waals surface area contributed by atoms with Gasteiger partial charge in [-0.2, -0.15) is 11.8 Å². The molecule has 3 N–H and O–H groups in total. The molecule has 1 atom stereocenters. The maximum Gasteiger partial charge on any atom is 0.256 e. The Hall–Kier alpha value is -2.78. The normalized spacial score (nSPS) is 11.6. The van der Waals surface area contributed by atoms with Crippen LogP contribution in [0, 0.1) is 11.6 Å². The van der Waals surface area contributed by atoms with Gasteiger partial charge in [-0.15, -0.1) is 0 Å². The number of thioether (sulfide) groups is 1. The van der Waals surface area contributed by atoms with Crippen LogP contribution in [0.3, 0.4) is 0 Å². The molecule has 2 aromatic carbocycles. The van der Waals surface area contributed by atoms with Gasteiger partial charge >= 0.3 is 0 Å². The van der Waals surface area contributed by atoms with Gasteiger partial charge in [-0.25, -0.2) is 13.7 Å². The first-order chi connectivity index (χ1) is 14.3. The number of carbonyl (C=O) groups is 3. The number of nitrogens with two attached hydrogens (primary N) is 1. The lowest BCUT2D eigenvalue weighted by atomic mass is 10.1. The van der Waals surface area contributed by atoms with Crippen molar-refractivity contribution in [2.45, 2.75) is 18.9 Å². The average Bonchev–Trinajstić information content (AvgIpc) is 2.71. The zero-order valence-corrected chi connectivity index (χ0v) is 17.3. The Bertz CT molecular complexity index is 876. The summed E-state index contributed by atoms with van der Waals surface area (Å²) in [5.74, 6) is -2.86. The molecule has 0 bridgehead atoms. The van der Waals surface area contributed by atoms with E-state index in [0.29, 0.717) is 17.5 Å². The maximum absolute atomic E-state index is 13.4. The Labute approximate surface area is 177 Å². The van der Waals surface area contributed by atoms with Crippen LogP contribution in [-0.4, -0.2) is 42.3 Å². The predicted molar refractivity (Wildman–Crippen MR) is 113 cm³/mol. The van der Waals surface area contributed by atoms with E-state index in [1.165, 1.54) is 11.8 Å². The Kier molecular flexibility index (Phi) is 8.94. The first-order valence-corrected chi connectivity index (χ1v) is 10.6. The van der Waals surface area contributed by atoms with E-state index in [9.17, 15) is 23.2 Å². The summed E-state index contributed by atoms with van der Waals surface area (Å²) in [6.45, 7) is -0.383. The Morgan fingerprint density at radius 2 is 1.73 bits per heavy atom. The van der Waals surface area contributed by atoms with Gasteiger partial charge in [-0.1, -0.05) is 18.2 Å². The number of rotatable bonds is 9. The van der Waals surface area contributed by atoms with E-state index in [-0.39, 0.29) is 24.9 Å². The second kappa shape index (κ2) is 11.4. The molecule has 30 heavy (non-hydrogen) atoms.